The van der Waals surface area contributed by atoms with Crippen LogP contribution in [0.15, 0.2) is 18.2 Å². The Labute approximate surface area is 151 Å². The number of nitrogens with zero attached hydrogens (tertiary/aromatic N) is 1. The molecule has 1 aliphatic carbocycles. The van der Waals surface area contributed by atoms with Gasteiger partial charge in [0.2, 0.25) is 11.8 Å². The molecule has 0 unspecified atom stereocenters. The molecule has 1 aromatic carbocycles. The van der Waals surface area contributed by atoms with Crippen LogP contribution in [0, 0.1) is 5.41 Å². The maximum absolute atomic E-state index is 12.8. The second-order valence-electron chi connectivity index (χ2n) is 7.11. The molecule has 25 heavy (non-hydrogen) atoms. The highest BCUT2D eigenvalue weighted by molar-refractivity contribution is 6.13. The van der Waals surface area contributed by atoms with E-state index >= 15 is 0 Å². The number of hydrogen-bond donors (Lipinski definition) is 2. The first kappa shape index (κ1) is 19.4. The van der Waals surface area contributed by atoms with E-state index in [0.29, 0.717) is 19.4 Å². The highest BCUT2D eigenvalue weighted by Gasteiger charge is 2.56. The molecule has 138 valence electrons. The molecule has 0 atom stereocenters. The maximum Gasteiger partial charge on any atom is 0.240 e. The number of nitrogens with one attached hydrogen (secondary N) is 2. The number of benzene rings is 1. The molecule has 2 amide bonds. The predicted octanol–water partition coefficient (Wildman–Crippen LogP) is 2.60. The van der Waals surface area contributed by atoms with E-state index in [0.717, 1.165) is 42.6 Å². The van der Waals surface area contributed by atoms with Gasteiger partial charge in [-0.1, -0.05) is 32.0 Å². The van der Waals surface area contributed by atoms with Gasteiger partial charge in [-0.15, -0.1) is 0 Å². The number of anilines is 1. The molecule has 0 saturated heterocycles. The Hall–Kier alpha value is -1.88. The Bertz CT molecular complexity index is 599. The van der Waals surface area contributed by atoms with Gasteiger partial charge in [0, 0.05) is 12.2 Å². The topological polar surface area (TPSA) is 61.4 Å². The number of para-hydroxylation sites is 1. The van der Waals surface area contributed by atoms with Crippen molar-refractivity contribution in [1.29, 1.82) is 0 Å². The van der Waals surface area contributed by atoms with Crippen molar-refractivity contribution in [3.8, 4) is 0 Å². The fourth-order valence-electron chi connectivity index (χ4n) is 3.08. The minimum atomic E-state index is -0.871. The van der Waals surface area contributed by atoms with Crippen LogP contribution < -0.4 is 10.6 Å². The van der Waals surface area contributed by atoms with E-state index < -0.39 is 5.41 Å². The first-order valence-electron chi connectivity index (χ1n) is 9.29. The third kappa shape index (κ3) is 4.60. The molecule has 0 heterocycles. The van der Waals surface area contributed by atoms with Crippen LogP contribution in [-0.4, -0.2) is 43.9 Å². The van der Waals surface area contributed by atoms with Crippen LogP contribution in [0.3, 0.4) is 0 Å². The van der Waals surface area contributed by atoms with Crippen molar-refractivity contribution in [1.82, 2.24) is 10.2 Å². The zero-order valence-corrected chi connectivity index (χ0v) is 15.9. The van der Waals surface area contributed by atoms with E-state index in [9.17, 15) is 9.59 Å². The molecular weight excluding hydrogens is 314 g/mol. The molecule has 0 aliphatic heterocycles. The van der Waals surface area contributed by atoms with Crippen molar-refractivity contribution in [2.24, 2.45) is 5.41 Å². The lowest BCUT2D eigenvalue weighted by atomic mass is 10.0. The molecule has 1 saturated carbocycles. The molecule has 5 nitrogen and oxygen atoms in total. The van der Waals surface area contributed by atoms with Gasteiger partial charge in [0.15, 0.2) is 0 Å². The van der Waals surface area contributed by atoms with Gasteiger partial charge in [0.25, 0.3) is 0 Å². The van der Waals surface area contributed by atoms with Gasteiger partial charge < -0.3 is 15.5 Å². The van der Waals surface area contributed by atoms with E-state index in [2.05, 4.69) is 29.4 Å². The quantitative estimate of drug-likeness (QED) is 0.534. The molecule has 1 aromatic rings. The number of carbonyl (C=O) groups is 2. The zero-order chi connectivity index (χ0) is 18.4. The van der Waals surface area contributed by atoms with Crippen molar-refractivity contribution in [3.05, 3.63) is 29.3 Å². The van der Waals surface area contributed by atoms with E-state index in [1.54, 1.807) is 0 Å². The molecule has 1 aliphatic rings. The van der Waals surface area contributed by atoms with Gasteiger partial charge >= 0.3 is 0 Å². The Morgan fingerprint density at radius 2 is 1.68 bits per heavy atom. The van der Waals surface area contributed by atoms with Crippen molar-refractivity contribution in [2.45, 2.75) is 46.0 Å². The molecular formula is C20H31N3O2. The van der Waals surface area contributed by atoms with Crippen LogP contribution in [0.5, 0.6) is 0 Å². The van der Waals surface area contributed by atoms with E-state index in [1.165, 1.54) is 0 Å². The summed E-state index contributed by atoms with van der Waals surface area (Å²) in [5.41, 5.74) is 2.26. The smallest absolute Gasteiger partial charge is 0.240 e. The summed E-state index contributed by atoms with van der Waals surface area (Å²) in [6.07, 6.45) is 3.86. The normalized spacial score (nSPS) is 15.1. The number of carbonyl (C=O) groups excluding carboxylic acids is 2. The molecule has 0 spiro atoms. The standard InChI is InChI=1S/C20H31N3O2/c1-5-15-9-7-10-16(6-2)17(15)22-19(25)20(11-12-20)18(24)21-13-8-14-23(3)4/h7,9-10H,5-6,8,11-14H2,1-4H3,(H,21,24)(H,22,25). The van der Waals surface area contributed by atoms with E-state index in [-0.39, 0.29) is 11.8 Å². The fourth-order valence-corrected chi connectivity index (χ4v) is 3.08. The summed E-state index contributed by atoms with van der Waals surface area (Å²) in [5, 5.41) is 6.00. The van der Waals surface area contributed by atoms with Gasteiger partial charge in [0.05, 0.1) is 0 Å². The van der Waals surface area contributed by atoms with Crippen LogP contribution in [0.1, 0.15) is 44.2 Å². The van der Waals surface area contributed by atoms with Crippen LogP contribution in [0.4, 0.5) is 5.69 Å². The molecule has 0 aromatic heterocycles. The van der Waals surface area contributed by atoms with E-state index in [4.69, 9.17) is 0 Å². The summed E-state index contributed by atoms with van der Waals surface area (Å²) in [4.78, 5) is 27.4. The second-order valence-corrected chi connectivity index (χ2v) is 7.11. The van der Waals surface area contributed by atoms with Gasteiger partial charge in [-0.25, -0.2) is 0 Å². The van der Waals surface area contributed by atoms with Gasteiger partial charge in [-0.2, -0.15) is 0 Å². The minimum Gasteiger partial charge on any atom is -0.355 e. The summed E-state index contributed by atoms with van der Waals surface area (Å²) in [5.74, 6) is -0.288. The molecule has 2 N–H and O–H groups in total. The lowest BCUT2D eigenvalue weighted by Gasteiger charge is -2.19. The molecule has 1 fully saturated rings. The third-order valence-electron chi connectivity index (χ3n) is 4.92. The fraction of sp³-hybridized carbons (Fsp3) is 0.600. The number of amides is 2. The Morgan fingerprint density at radius 1 is 1.08 bits per heavy atom. The van der Waals surface area contributed by atoms with Gasteiger partial charge in [-0.3, -0.25) is 9.59 Å². The number of hydrogen-bond acceptors (Lipinski definition) is 3. The molecule has 2 rings (SSSR count). The predicted molar refractivity (Wildman–Crippen MR) is 102 cm³/mol. The summed E-state index contributed by atoms with van der Waals surface area (Å²) >= 11 is 0. The lowest BCUT2D eigenvalue weighted by Crippen LogP contribution is -2.41. The van der Waals surface area contributed by atoms with Crippen LogP contribution in [0.25, 0.3) is 0 Å². The monoisotopic (exact) mass is 345 g/mol. The first-order chi connectivity index (χ1) is 11.9. The highest BCUT2D eigenvalue weighted by Crippen LogP contribution is 2.47. The molecule has 0 radical (unpaired) electrons. The second kappa shape index (κ2) is 8.48. The van der Waals surface area contributed by atoms with Crippen molar-refractivity contribution in [3.63, 3.8) is 0 Å². The summed E-state index contributed by atoms with van der Waals surface area (Å²) < 4.78 is 0. The average Bonchev–Trinajstić information content (AvgIpc) is 3.40. The number of aryl methyl sites for hydroxylation is 2. The number of rotatable bonds is 9. The highest BCUT2D eigenvalue weighted by atomic mass is 16.2. The Balaban J connectivity index is 2.02. The maximum atomic E-state index is 12.8. The summed E-state index contributed by atoms with van der Waals surface area (Å²) in [6.45, 7) is 5.69. The van der Waals surface area contributed by atoms with Crippen LogP contribution in [0.2, 0.25) is 0 Å². The Kier molecular flexibility index (Phi) is 6.59. The van der Waals surface area contributed by atoms with Crippen molar-refractivity contribution in [2.75, 3.05) is 32.5 Å². The van der Waals surface area contributed by atoms with E-state index in [1.807, 2.05) is 32.3 Å². The van der Waals surface area contributed by atoms with Gasteiger partial charge in [-0.05, 0) is 63.9 Å². The largest absolute Gasteiger partial charge is 0.355 e. The SMILES string of the molecule is CCc1cccc(CC)c1NC(=O)C1(C(=O)NCCCN(C)C)CC1. The lowest BCUT2D eigenvalue weighted by molar-refractivity contribution is -0.134. The third-order valence-corrected chi connectivity index (χ3v) is 4.92. The zero-order valence-electron chi connectivity index (χ0n) is 15.9. The van der Waals surface area contributed by atoms with Crippen molar-refractivity contribution >= 4 is 17.5 Å². The first-order valence-corrected chi connectivity index (χ1v) is 9.29. The summed E-state index contributed by atoms with van der Waals surface area (Å²) in [6, 6.07) is 6.10. The summed E-state index contributed by atoms with van der Waals surface area (Å²) in [7, 11) is 4.02. The van der Waals surface area contributed by atoms with Gasteiger partial charge in [0.1, 0.15) is 5.41 Å². The Morgan fingerprint density at radius 3 is 2.16 bits per heavy atom. The molecule has 0 bridgehead atoms. The van der Waals surface area contributed by atoms with Crippen molar-refractivity contribution < 1.29 is 9.59 Å². The van der Waals surface area contributed by atoms with Crippen LogP contribution in [-0.2, 0) is 22.4 Å². The van der Waals surface area contributed by atoms with Crippen LogP contribution >= 0.6 is 0 Å². The minimum absolute atomic E-state index is 0.129. The molecule has 5 heteroatoms. The average molecular weight is 345 g/mol.